The number of nitrogens with one attached hydrogen (secondary N) is 1. The summed E-state index contributed by atoms with van der Waals surface area (Å²) in [6, 6.07) is 13.3. The zero-order valence-corrected chi connectivity index (χ0v) is 20.6. The van der Waals surface area contributed by atoms with Gasteiger partial charge in [-0.1, -0.05) is 67.8 Å². The number of halogens is 2. The van der Waals surface area contributed by atoms with Crippen LogP contribution in [0, 0.1) is 5.92 Å². The van der Waals surface area contributed by atoms with Gasteiger partial charge in [0.2, 0.25) is 0 Å². The summed E-state index contributed by atoms with van der Waals surface area (Å²) < 4.78 is 27.9. The molecule has 5 nitrogen and oxygen atoms in total. The number of rotatable bonds is 10. The van der Waals surface area contributed by atoms with Gasteiger partial charge in [0.15, 0.2) is 5.82 Å². The van der Waals surface area contributed by atoms with Gasteiger partial charge in [-0.05, 0) is 36.8 Å². The Morgan fingerprint density at radius 2 is 1.56 bits per heavy atom. The number of aliphatic hydroxyl groups excluding tert-OH is 1. The number of alkyl halides is 2. The summed E-state index contributed by atoms with van der Waals surface area (Å²) in [5, 5.41) is 12.8. The minimum absolute atomic E-state index is 0.00729. The molecule has 1 heterocycles. The molecule has 1 atom stereocenters. The molecule has 190 valence electrons. The molecule has 1 fully saturated rings. The Morgan fingerprint density at radius 3 is 2.17 bits per heavy atom. The third-order valence-electron chi connectivity index (χ3n) is 6.87. The van der Waals surface area contributed by atoms with Crippen LogP contribution in [0.25, 0.3) is 11.3 Å². The molecule has 0 bridgehead atoms. The lowest BCUT2D eigenvalue weighted by atomic mass is 9.89. The molecule has 36 heavy (non-hydrogen) atoms. The molecule has 0 spiro atoms. The van der Waals surface area contributed by atoms with Crippen LogP contribution in [0.5, 0.6) is 0 Å². The van der Waals surface area contributed by atoms with Crippen molar-refractivity contribution in [2.75, 3.05) is 11.9 Å². The van der Waals surface area contributed by atoms with Crippen LogP contribution in [0.15, 0.2) is 60.9 Å². The molecule has 0 amide bonds. The number of ketones is 1. The molecule has 2 aromatic carbocycles. The number of hydrogen-bond donors (Lipinski definition) is 2. The van der Waals surface area contributed by atoms with Gasteiger partial charge >= 0.3 is 0 Å². The molecule has 0 saturated heterocycles. The molecule has 1 aliphatic carbocycles. The summed E-state index contributed by atoms with van der Waals surface area (Å²) in [6.45, 7) is 1.96. The van der Waals surface area contributed by atoms with Crippen molar-refractivity contribution in [3.8, 4) is 11.3 Å². The van der Waals surface area contributed by atoms with Crippen LogP contribution in [0.4, 0.5) is 14.6 Å². The Balaban J connectivity index is 1.35. The van der Waals surface area contributed by atoms with E-state index in [1.165, 1.54) is 56.4 Å². The van der Waals surface area contributed by atoms with E-state index in [2.05, 4.69) is 15.3 Å². The van der Waals surface area contributed by atoms with E-state index in [-0.39, 0.29) is 24.2 Å². The number of aliphatic hydroxyl groups is 1. The van der Waals surface area contributed by atoms with Crippen molar-refractivity contribution >= 4 is 11.6 Å². The van der Waals surface area contributed by atoms with Crippen molar-refractivity contribution in [2.45, 2.75) is 63.9 Å². The Kier molecular flexibility index (Phi) is 8.41. The predicted octanol–water partition coefficient (Wildman–Crippen LogP) is 5.96. The molecule has 0 aliphatic heterocycles. The molecule has 1 aliphatic rings. The first-order chi connectivity index (χ1) is 17.3. The Morgan fingerprint density at radius 1 is 0.972 bits per heavy atom. The average Bonchev–Trinajstić information content (AvgIpc) is 2.89. The van der Waals surface area contributed by atoms with Gasteiger partial charge in [-0.2, -0.15) is 8.78 Å². The van der Waals surface area contributed by atoms with Gasteiger partial charge < -0.3 is 10.4 Å². The standard InChI is InChI=1S/C29H33F2N3O2/c1-20(35)29(30,31)25-13-9-22(10-14-25)18-26(36)17-21-7-11-24(12-8-21)27-28(33-16-15-32-27)34-19-23-5-3-2-4-6-23/h7-16,20,23,35H,2-6,17-19H2,1H3,(H,33,34). The highest BCUT2D eigenvalue weighted by molar-refractivity contribution is 5.83. The zero-order valence-electron chi connectivity index (χ0n) is 20.6. The van der Waals surface area contributed by atoms with E-state index in [1.54, 1.807) is 12.4 Å². The summed E-state index contributed by atoms with van der Waals surface area (Å²) in [5.41, 5.74) is 3.00. The monoisotopic (exact) mass is 493 g/mol. The van der Waals surface area contributed by atoms with Crippen LogP contribution in [0.3, 0.4) is 0 Å². The largest absolute Gasteiger partial charge is 0.387 e. The van der Waals surface area contributed by atoms with E-state index >= 15 is 0 Å². The van der Waals surface area contributed by atoms with E-state index in [0.29, 0.717) is 11.5 Å². The molecule has 4 rings (SSSR count). The highest BCUT2D eigenvalue weighted by atomic mass is 19.3. The van der Waals surface area contributed by atoms with Crippen molar-refractivity contribution < 1.29 is 18.7 Å². The van der Waals surface area contributed by atoms with Crippen LogP contribution in [0.2, 0.25) is 0 Å². The maximum absolute atomic E-state index is 13.9. The number of hydrogen-bond acceptors (Lipinski definition) is 5. The van der Waals surface area contributed by atoms with Gasteiger partial charge in [-0.25, -0.2) is 4.98 Å². The van der Waals surface area contributed by atoms with E-state index in [9.17, 15) is 18.7 Å². The number of Topliss-reactive ketones (excluding diaryl/α,β-unsaturated/α-hetero) is 1. The minimum atomic E-state index is -3.32. The molecule has 1 saturated carbocycles. The number of anilines is 1. The summed E-state index contributed by atoms with van der Waals surface area (Å²) in [5.74, 6) is -1.88. The highest BCUT2D eigenvalue weighted by Gasteiger charge is 2.37. The summed E-state index contributed by atoms with van der Waals surface area (Å²) in [7, 11) is 0. The van der Waals surface area contributed by atoms with Crippen molar-refractivity contribution in [2.24, 2.45) is 5.92 Å². The molecule has 0 radical (unpaired) electrons. The summed E-state index contributed by atoms with van der Waals surface area (Å²) in [6.07, 6.45) is 8.43. The van der Waals surface area contributed by atoms with Crippen LogP contribution in [-0.4, -0.2) is 33.5 Å². The first kappa shape index (κ1) is 25.9. The Bertz CT molecular complexity index is 1140. The molecular formula is C29H33F2N3O2. The summed E-state index contributed by atoms with van der Waals surface area (Å²) >= 11 is 0. The quantitative estimate of drug-likeness (QED) is 0.364. The lowest BCUT2D eigenvalue weighted by Gasteiger charge is -2.22. The second kappa shape index (κ2) is 11.7. The molecule has 7 heteroatoms. The highest BCUT2D eigenvalue weighted by Crippen LogP contribution is 2.32. The second-order valence-corrected chi connectivity index (χ2v) is 9.72. The lowest BCUT2D eigenvalue weighted by molar-refractivity contribution is -0.117. The van der Waals surface area contributed by atoms with E-state index in [0.717, 1.165) is 36.1 Å². The first-order valence-corrected chi connectivity index (χ1v) is 12.6. The Hall–Kier alpha value is -3.19. The topological polar surface area (TPSA) is 75.1 Å². The summed E-state index contributed by atoms with van der Waals surface area (Å²) in [4.78, 5) is 21.6. The van der Waals surface area contributed by atoms with E-state index in [1.807, 2.05) is 24.3 Å². The van der Waals surface area contributed by atoms with Crippen molar-refractivity contribution in [3.05, 3.63) is 77.6 Å². The molecule has 1 unspecified atom stereocenters. The molecular weight excluding hydrogens is 460 g/mol. The predicted molar refractivity (Wildman–Crippen MR) is 137 cm³/mol. The molecule has 3 aromatic rings. The number of benzene rings is 2. The third-order valence-corrected chi connectivity index (χ3v) is 6.87. The van der Waals surface area contributed by atoms with Crippen molar-refractivity contribution in [1.29, 1.82) is 0 Å². The van der Waals surface area contributed by atoms with Crippen molar-refractivity contribution in [1.82, 2.24) is 9.97 Å². The first-order valence-electron chi connectivity index (χ1n) is 12.6. The van der Waals surface area contributed by atoms with Gasteiger partial charge in [0.1, 0.15) is 17.6 Å². The normalized spacial score (nSPS) is 15.4. The lowest BCUT2D eigenvalue weighted by Crippen LogP contribution is -2.27. The number of carbonyl (C=O) groups is 1. The van der Waals surface area contributed by atoms with Gasteiger partial charge in [0, 0.05) is 42.9 Å². The average molecular weight is 494 g/mol. The Labute approximate surface area is 211 Å². The maximum Gasteiger partial charge on any atom is 0.298 e. The smallest absolute Gasteiger partial charge is 0.298 e. The van der Waals surface area contributed by atoms with Crippen LogP contribution in [-0.2, 0) is 23.6 Å². The van der Waals surface area contributed by atoms with Gasteiger partial charge in [0.25, 0.3) is 5.92 Å². The van der Waals surface area contributed by atoms with Gasteiger partial charge in [-0.15, -0.1) is 0 Å². The van der Waals surface area contributed by atoms with Crippen LogP contribution in [0.1, 0.15) is 55.7 Å². The van der Waals surface area contributed by atoms with E-state index < -0.39 is 12.0 Å². The third kappa shape index (κ3) is 6.52. The van der Waals surface area contributed by atoms with Crippen LogP contribution < -0.4 is 5.32 Å². The molecule has 2 N–H and O–H groups in total. The van der Waals surface area contributed by atoms with Gasteiger partial charge in [0.05, 0.1) is 0 Å². The zero-order chi connectivity index (χ0) is 25.5. The van der Waals surface area contributed by atoms with Crippen molar-refractivity contribution in [3.63, 3.8) is 0 Å². The number of nitrogens with zero attached hydrogens (tertiary/aromatic N) is 2. The van der Waals surface area contributed by atoms with Gasteiger partial charge in [-0.3, -0.25) is 9.78 Å². The fourth-order valence-corrected chi connectivity index (χ4v) is 4.70. The maximum atomic E-state index is 13.9. The minimum Gasteiger partial charge on any atom is -0.387 e. The number of carbonyl (C=O) groups excluding carboxylic acids is 1. The molecule has 1 aromatic heterocycles. The fourth-order valence-electron chi connectivity index (χ4n) is 4.70. The van der Waals surface area contributed by atoms with E-state index in [4.69, 9.17) is 0 Å². The fraction of sp³-hybridized carbons (Fsp3) is 0.414. The SMILES string of the molecule is CC(O)C(F)(F)c1ccc(CC(=O)Cc2ccc(-c3nccnc3NCC3CCCCC3)cc2)cc1. The second-order valence-electron chi connectivity index (χ2n) is 9.72. The number of aromatic nitrogens is 2. The van der Waals surface area contributed by atoms with Crippen LogP contribution >= 0.6 is 0 Å².